The average Bonchev–Trinajstić information content (AvgIpc) is 2.28. The molecule has 17 heavy (non-hydrogen) atoms. The Morgan fingerprint density at radius 2 is 2.06 bits per heavy atom. The summed E-state index contributed by atoms with van der Waals surface area (Å²) in [6, 6.07) is 7.45. The molecule has 1 aromatic heterocycles. The highest BCUT2D eigenvalue weighted by Gasteiger charge is 2.09. The molecule has 0 saturated heterocycles. The van der Waals surface area contributed by atoms with Gasteiger partial charge in [-0.15, -0.1) is 12.6 Å². The fraction of sp³-hybridized carbons (Fsp3) is 0.231. The SMILES string of the molecule is CC(C)N=Cc1c(S)c2ccccc2oc1=O. The Hall–Kier alpha value is -1.55. The van der Waals surface area contributed by atoms with Crippen LogP contribution in [0.4, 0.5) is 0 Å². The molecular weight excluding hydrogens is 234 g/mol. The van der Waals surface area contributed by atoms with Crippen LogP contribution in [0.1, 0.15) is 19.4 Å². The fourth-order valence-electron chi connectivity index (χ4n) is 1.49. The zero-order chi connectivity index (χ0) is 12.4. The number of fused-ring (bicyclic) bond motifs is 1. The summed E-state index contributed by atoms with van der Waals surface area (Å²) in [7, 11) is 0. The van der Waals surface area contributed by atoms with Crippen molar-refractivity contribution in [3.05, 3.63) is 40.2 Å². The lowest BCUT2D eigenvalue weighted by Gasteiger charge is -2.03. The molecule has 0 aliphatic carbocycles. The van der Waals surface area contributed by atoms with Gasteiger partial charge in [0.25, 0.3) is 0 Å². The second-order valence-electron chi connectivity index (χ2n) is 4.02. The maximum absolute atomic E-state index is 11.8. The Labute approximate surface area is 105 Å². The van der Waals surface area contributed by atoms with Crippen molar-refractivity contribution in [3.63, 3.8) is 0 Å². The summed E-state index contributed by atoms with van der Waals surface area (Å²) in [6.45, 7) is 3.88. The molecule has 0 unspecified atom stereocenters. The molecule has 1 heterocycles. The van der Waals surface area contributed by atoms with Crippen LogP contribution in [0.2, 0.25) is 0 Å². The first-order chi connectivity index (χ1) is 8.09. The van der Waals surface area contributed by atoms with Crippen LogP contribution < -0.4 is 5.63 Å². The van der Waals surface area contributed by atoms with Crippen molar-refractivity contribution in [3.8, 4) is 0 Å². The van der Waals surface area contributed by atoms with E-state index in [0.717, 1.165) is 5.39 Å². The van der Waals surface area contributed by atoms with Gasteiger partial charge in [0.15, 0.2) is 0 Å². The quantitative estimate of drug-likeness (QED) is 0.503. The van der Waals surface area contributed by atoms with Gasteiger partial charge in [-0.1, -0.05) is 18.2 Å². The van der Waals surface area contributed by atoms with Crippen LogP contribution in [0, 0.1) is 0 Å². The molecule has 0 amide bonds. The lowest BCUT2D eigenvalue weighted by atomic mass is 10.2. The molecule has 1 aromatic carbocycles. The van der Waals surface area contributed by atoms with E-state index < -0.39 is 5.63 Å². The number of aliphatic imine (C=N–C) groups is 1. The van der Waals surface area contributed by atoms with Gasteiger partial charge in [-0.3, -0.25) is 4.99 Å². The molecule has 3 nitrogen and oxygen atoms in total. The standard InChI is InChI=1S/C13H13NO2S/c1-8(2)14-7-10-12(17)9-5-3-4-6-11(9)16-13(10)15/h3-8,17H,1-2H3. The van der Waals surface area contributed by atoms with Crippen molar-refractivity contribution >= 4 is 29.8 Å². The lowest BCUT2D eigenvalue weighted by molar-refractivity contribution is 0.556. The van der Waals surface area contributed by atoms with E-state index in [4.69, 9.17) is 4.42 Å². The Kier molecular flexibility index (Phi) is 3.33. The normalized spacial score (nSPS) is 11.8. The molecule has 0 atom stereocenters. The van der Waals surface area contributed by atoms with Crippen LogP contribution in [0.25, 0.3) is 11.0 Å². The highest BCUT2D eigenvalue weighted by molar-refractivity contribution is 7.80. The summed E-state index contributed by atoms with van der Waals surface area (Å²) < 4.78 is 5.21. The number of nitrogens with zero attached hydrogens (tertiary/aromatic N) is 1. The van der Waals surface area contributed by atoms with Gasteiger partial charge in [-0.2, -0.15) is 0 Å². The topological polar surface area (TPSA) is 42.6 Å². The molecule has 0 spiro atoms. The van der Waals surface area contributed by atoms with E-state index in [9.17, 15) is 4.79 Å². The Morgan fingerprint density at radius 1 is 1.35 bits per heavy atom. The van der Waals surface area contributed by atoms with Crippen molar-refractivity contribution in [2.75, 3.05) is 0 Å². The Bertz CT molecular complexity index is 629. The lowest BCUT2D eigenvalue weighted by Crippen LogP contribution is -2.09. The minimum atomic E-state index is -0.405. The summed E-state index contributed by atoms with van der Waals surface area (Å²) >= 11 is 4.38. The molecular formula is C13H13NO2S. The van der Waals surface area contributed by atoms with Crippen molar-refractivity contribution in [1.29, 1.82) is 0 Å². The number of hydrogen-bond donors (Lipinski definition) is 1. The monoisotopic (exact) mass is 247 g/mol. The fourth-order valence-corrected chi connectivity index (χ4v) is 1.82. The van der Waals surface area contributed by atoms with Crippen LogP contribution in [0.15, 0.2) is 43.4 Å². The number of hydrogen-bond acceptors (Lipinski definition) is 4. The molecule has 4 heteroatoms. The zero-order valence-electron chi connectivity index (χ0n) is 9.68. The molecule has 0 aliphatic heterocycles. The van der Waals surface area contributed by atoms with Gasteiger partial charge in [0.2, 0.25) is 0 Å². The predicted molar refractivity (Wildman–Crippen MR) is 72.5 cm³/mol. The summed E-state index contributed by atoms with van der Waals surface area (Å²) in [5.41, 5.74) is 0.544. The van der Waals surface area contributed by atoms with E-state index in [0.29, 0.717) is 16.0 Å². The minimum Gasteiger partial charge on any atom is -0.422 e. The third-order valence-corrected chi connectivity index (χ3v) is 2.80. The first-order valence-corrected chi connectivity index (χ1v) is 5.82. The third kappa shape index (κ3) is 2.42. The van der Waals surface area contributed by atoms with Crippen molar-refractivity contribution < 1.29 is 4.42 Å². The van der Waals surface area contributed by atoms with Gasteiger partial charge in [0.1, 0.15) is 5.58 Å². The second-order valence-corrected chi connectivity index (χ2v) is 4.47. The van der Waals surface area contributed by atoms with E-state index in [-0.39, 0.29) is 6.04 Å². The highest BCUT2D eigenvalue weighted by Crippen LogP contribution is 2.22. The molecule has 0 bridgehead atoms. The van der Waals surface area contributed by atoms with E-state index >= 15 is 0 Å². The van der Waals surface area contributed by atoms with Gasteiger partial charge in [-0.05, 0) is 19.9 Å². The maximum atomic E-state index is 11.8. The molecule has 0 N–H and O–H groups in total. The number of thiol groups is 1. The van der Waals surface area contributed by atoms with Crippen molar-refractivity contribution in [1.82, 2.24) is 0 Å². The van der Waals surface area contributed by atoms with Gasteiger partial charge in [0.05, 0.1) is 5.56 Å². The van der Waals surface area contributed by atoms with E-state index in [1.54, 1.807) is 6.07 Å². The van der Waals surface area contributed by atoms with E-state index in [2.05, 4.69) is 17.6 Å². The average molecular weight is 247 g/mol. The number of benzene rings is 1. The van der Waals surface area contributed by atoms with Crippen molar-refractivity contribution in [2.24, 2.45) is 4.99 Å². The third-order valence-electron chi connectivity index (χ3n) is 2.32. The summed E-state index contributed by atoms with van der Waals surface area (Å²) in [5.74, 6) is 0. The molecule has 0 aliphatic rings. The highest BCUT2D eigenvalue weighted by atomic mass is 32.1. The minimum absolute atomic E-state index is 0.133. The van der Waals surface area contributed by atoms with E-state index in [1.165, 1.54) is 6.21 Å². The largest absolute Gasteiger partial charge is 0.422 e. The summed E-state index contributed by atoms with van der Waals surface area (Å²) in [6.07, 6.45) is 1.53. The van der Waals surface area contributed by atoms with Crippen LogP contribution in [-0.4, -0.2) is 12.3 Å². The Balaban J connectivity index is 2.68. The van der Waals surface area contributed by atoms with Crippen LogP contribution >= 0.6 is 12.6 Å². The van der Waals surface area contributed by atoms with Crippen LogP contribution in [-0.2, 0) is 0 Å². The molecule has 88 valence electrons. The van der Waals surface area contributed by atoms with Gasteiger partial charge in [0, 0.05) is 22.5 Å². The van der Waals surface area contributed by atoms with Crippen LogP contribution in [0.5, 0.6) is 0 Å². The number of para-hydroxylation sites is 1. The zero-order valence-corrected chi connectivity index (χ0v) is 10.6. The summed E-state index contributed by atoms with van der Waals surface area (Å²) in [5, 5.41) is 0.820. The number of rotatable bonds is 2. The van der Waals surface area contributed by atoms with Gasteiger partial charge in [-0.25, -0.2) is 4.79 Å². The molecule has 2 rings (SSSR count). The Morgan fingerprint density at radius 3 is 2.76 bits per heavy atom. The smallest absolute Gasteiger partial charge is 0.346 e. The van der Waals surface area contributed by atoms with Crippen molar-refractivity contribution in [2.45, 2.75) is 24.8 Å². The summed E-state index contributed by atoms with van der Waals surface area (Å²) in [4.78, 5) is 16.6. The predicted octanol–water partition coefficient (Wildman–Crippen LogP) is 2.91. The van der Waals surface area contributed by atoms with Gasteiger partial charge < -0.3 is 4.42 Å². The first-order valence-electron chi connectivity index (χ1n) is 5.37. The maximum Gasteiger partial charge on any atom is 0.346 e. The first kappa shape index (κ1) is 11.9. The van der Waals surface area contributed by atoms with Crippen LogP contribution in [0.3, 0.4) is 0 Å². The molecule has 0 radical (unpaired) electrons. The second kappa shape index (κ2) is 4.75. The van der Waals surface area contributed by atoms with E-state index in [1.807, 2.05) is 32.0 Å². The van der Waals surface area contributed by atoms with Gasteiger partial charge >= 0.3 is 5.63 Å². The molecule has 0 saturated carbocycles. The molecule has 0 fully saturated rings. The molecule has 2 aromatic rings.